The van der Waals surface area contributed by atoms with Gasteiger partial charge in [-0.2, -0.15) is 0 Å². The lowest BCUT2D eigenvalue weighted by Gasteiger charge is -2.22. The van der Waals surface area contributed by atoms with Gasteiger partial charge in [0.15, 0.2) is 0 Å². The maximum absolute atomic E-state index is 5.30. The Morgan fingerprint density at radius 1 is 0.367 bits per heavy atom. The summed E-state index contributed by atoms with van der Waals surface area (Å²) in [6, 6.07) is 0. The van der Waals surface area contributed by atoms with Crippen molar-refractivity contribution in [2.24, 2.45) is 0 Å². The van der Waals surface area contributed by atoms with Gasteiger partial charge < -0.3 is 4.90 Å². The molecule has 0 aromatic carbocycles. The molecule has 0 radical (unpaired) electrons. The minimum absolute atomic E-state index is 0.816. The van der Waals surface area contributed by atoms with Crippen molar-refractivity contribution >= 4 is 11.6 Å². The first-order valence-corrected chi connectivity index (χ1v) is 14.6. The average molecular weight is 446 g/mol. The second kappa shape index (κ2) is 31.4. The maximum Gasteiger partial charge on any atom is 0.0223 e. The Hall–Kier alpha value is 0.250. The van der Waals surface area contributed by atoms with Crippen LogP contribution in [-0.2, 0) is 0 Å². The van der Waals surface area contributed by atoms with Crippen LogP contribution in [0.15, 0.2) is 0 Å². The number of hydrogen-bond donors (Lipinski definition) is 0. The molecule has 0 saturated heterocycles. The molecule has 1 nitrogen and oxygen atoms in total. The van der Waals surface area contributed by atoms with Gasteiger partial charge in [0.2, 0.25) is 0 Å². The second-order valence-corrected chi connectivity index (χ2v) is 9.57. The zero-order valence-corrected chi connectivity index (χ0v) is 22.6. The summed E-state index contributed by atoms with van der Waals surface area (Å²) in [6.45, 7) is 13.1. The van der Waals surface area contributed by atoms with Gasteiger partial charge in [-0.15, -0.1) is 11.6 Å². The highest BCUT2D eigenvalue weighted by Crippen LogP contribution is 2.11. The summed E-state index contributed by atoms with van der Waals surface area (Å²) in [4.78, 5) is 2.79. The van der Waals surface area contributed by atoms with Crippen LogP contribution in [0.4, 0.5) is 0 Å². The van der Waals surface area contributed by atoms with E-state index in [9.17, 15) is 0 Å². The summed E-state index contributed by atoms with van der Waals surface area (Å²) in [5, 5.41) is 0. The van der Waals surface area contributed by atoms with Crippen LogP contribution in [0, 0.1) is 0 Å². The quantitative estimate of drug-likeness (QED) is 0.111. The van der Waals surface area contributed by atoms with Crippen molar-refractivity contribution in [1.82, 2.24) is 4.90 Å². The van der Waals surface area contributed by atoms with Crippen molar-refractivity contribution in [3.63, 3.8) is 0 Å². The molecule has 0 aliphatic heterocycles. The van der Waals surface area contributed by atoms with Gasteiger partial charge in [-0.05, 0) is 45.3 Å². The summed E-state index contributed by atoms with van der Waals surface area (Å²) < 4.78 is 0. The summed E-state index contributed by atoms with van der Waals surface area (Å²) in [5.74, 6) is 0.816. The van der Waals surface area contributed by atoms with Crippen LogP contribution in [0.5, 0.6) is 0 Å². The van der Waals surface area contributed by atoms with E-state index < -0.39 is 0 Å². The van der Waals surface area contributed by atoms with Gasteiger partial charge in [0.1, 0.15) is 0 Å². The largest absolute Gasteiger partial charge is 0.303 e. The van der Waals surface area contributed by atoms with Crippen LogP contribution >= 0.6 is 11.6 Å². The van der Waals surface area contributed by atoms with Crippen LogP contribution in [0.3, 0.4) is 0 Å². The normalized spacial score (nSPS) is 11.0. The fourth-order valence-corrected chi connectivity index (χ4v) is 4.08. The number of alkyl halides is 1. The number of halogens is 1. The lowest BCUT2D eigenvalue weighted by atomic mass is 10.1. The van der Waals surface area contributed by atoms with E-state index in [2.05, 4.69) is 32.6 Å². The van der Waals surface area contributed by atoms with E-state index in [1.807, 2.05) is 0 Å². The van der Waals surface area contributed by atoms with Crippen LogP contribution in [0.2, 0.25) is 0 Å². The first kappa shape index (κ1) is 32.4. The lowest BCUT2D eigenvalue weighted by Crippen LogP contribution is -2.27. The van der Waals surface area contributed by atoms with E-state index in [0.717, 1.165) is 12.3 Å². The highest BCUT2D eigenvalue weighted by Gasteiger charge is 2.05. The van der Waals surface area contributed by atoms with Gasteiger partial charge in [0.25, 0.3) is 0 Å². The Kier molecular flexibility index (Phi) is 34.0. The molecule has 30 heavy (non-hydrogen) atoms. The number of rotatable bonds is 23. The van der Waals surface area contributed by atoms with Crippen LogP contribution < -0.4 is 0 Å². The molecular weight excluding hydrogens is 386 g/mol. The third-order valence-electron chi connectivity index (χ3n) is 5.97. The van der Waals surface area contributed by atoms with Gasteiger partial charge in [-0.25, -0.2) is 0 Å². The predicted octanol–water partition coefficient (Wildman–Crippen LogP) is 10.4. The third-order valence-corrected chi connectivity index (χ3v) is 6.24. The van der Waals surface area contributed by atoms with Crippen molar-refractivity contribution in [2.75, 3.05) is 25.5 Å². The first-order valence-electron chi connectivity index (χ1n) is 14.0. The molecule has 0 aromatic heterocycles. The Bertz CT molecular complexity index is 229. The van der Waals surface area contributed by atoms with Crippen molar-refractivity contribution in [3.05, 3.63) is 0 Å². The van der Waals surface area contributed by atoms with Crippen molar-refractivity contribution in [3.8, 4) is 0 Å². The minimum Gasteiger partial charge on any atom is -0.303 e. The highest BCUT2D eigenvalue weighted by atomic mass is 35.5. The summed E-state index contributed by atoms with van der Waals surface area (Å²) in [7, 11) is 0. The third kappa shape index (κ3) is 30.4. The summed E-state index contributed by atoms with van der Waals surface area (Å²) in [6.07, 6.45) is 28.1. The Morgan fingerprint density at radius 2 is 0.633 bits per heavy atom. The van der Waals surface area contributed by atoms with Crippen LogP contribution in [-0.4, -0.2) is 30.4 Å². The Labute approximate surface area is 198 Å². The topological polar surface area (TPSA) is 3.24 Å². The van der Waals surface area contributed by atoms with E-state index in [4.69, 9.17) is 11.6 Å². The Morgan fingerprint density at radius 3 is 0.867 bits per heavy atom. The molecule has 0 fully saturated rings. The zero-order valence-electron chi connectivity index (χ0n) is 21.8. The monoisotopic (exact) mass is 445 g/mol. The molecule has 0 amide bonds. The molecule has 0 saturated carbocycles. The molecule has 0 spiro atoms. The molecule has 0 atom stereocenters. The van der Waals surface area contributed by atoms with Gasteiger partial charge in [-0.1, -0.05) is 130 Å². The summed E-state index contributed by atoms with van der Waals surface area (Å²) >= 11 is 5.30. The zero-order chi connectivity index (χ0) is 22.5. The highest BCUT2D eigenvalue weighted by molar-refractivity contribution is 6.17. The number of hydrogen-bond acceptors (Lipinski definition) is 1. The van der Waals surface area contributed by atoms with E-state index >= 15 is 0 Å². The predicted molar refractivity (Wildman–Crippen MR) is 142 cm³/mol. The fourth-order valence-electron chi connectivity index (χ4n) is 3.82. The van der Waals surface area contributed by atoms with Crippen molar-refractivity contribution in [2.45, 2.75) is 156 Å². The molecular formula is C28H60ClN. The number of unbranched alkanes of at least 4 members (excludes halogenated alkanes) is 16. The smallest absolute Gasteiger partial charge is 0.0223 e. The molecule has 0 N–H and O–H groups in total. The van der Waals surface area contributed by atoms with Crippen molar-refractivity contribution in [1.29, 1.82) is 0 Å². The summed E-state index contributed by atoms with van der Waals surface area (Å²) in [5.41, 5.74) is 0. The molecule has 0 aliphatic rings. The maximum atomic E-state index is 5.30. The van der Waals surface area contributed by atoms with Gasteiger partial charge in [0, 0.05) is 5.88 Å². The molecule has 0 bridgehead atoms. The van der Waals surface area contributed by atoms with Gasteiger partial charge >= 0.3 is 0 Å². The molecule has 0 heterocycles. The minimum atomic E-state index is 0.816. The first-order chi connectivity index (χ1) is 14.8. The van der Waals surface area contributed by atoms with E-state index in [-0.39, 0.29) is 0 Å². The molecule has 184 valence electrons. The SMILES string of the molecule is CCCCCCCCN(CCCCCCCC)CCCCCCCC.CCCCCl. The van der Waals surface area contributed by atoms with Crippen LogP contribution in [0.25, 0.3) is 0 Å². The molecule has 0 rings (SSSR count). The van der Waals surface area contributed by atoms with E-state index in [1.165, 1.54) is 142 Å². The average Bonchev–Trinajstić information content (AvgIpc) is 2.76. The standard InChI is InChI=1S/C24H51N.C4H9Cl/c1-4-7-10-13-16-19-22-25(23-20-17-14-11-8-5-2)24-21-18-15-12-9-6-3;1-2-3-4-5/h4-24H2,1-3H3;2-4H2,1H3. The van der Waals surface area contributed by atoms with Crippen LogP contribution in [0.1, 0.15) is 156 Å². The number of nitrogens with zero attached hydrogens (tertiary/aromatic N) is 1. The molecule has 2 heteroatoms. The van der Waals surface area contributed by atoms with E-state index in [0.29, 0.717) is 0 Å². The van der Waals surface area contributed by atoms with Crippen molar-refractivity contribution < 1.29 is 0 Å². The fraction of sp³-hybridized carbons (Fsp3) is 1.00. The van der Waals surface area contributed by atoms with E-state index in [1.54, 1.807) is 0 Å². The Balaban J connectivity index is 0. The lowest BCUT2D eigenvalue weighted by molar-refractivity contribution is 0.254. The molecule has 0 unspecified atom stereocenters. The molecule has 0 aliphatic carbocycles. The molecule has 0 aromatic rings. The van der Waals surface area contributed by atoms with Gasteiger partial charge in [-0.3, -0.25) is 0 Å². The van der Waals surface area contributed by atoms with Gasteiger partial charge in [0.05, 0.1) is 0 Å². The second-order valence-electron chi connectivity index (χ2n) is 9.19.